The standard InChI is InChI=1S/C19H24N4O2/c1-13-9-17(14(2)25-13)19(3,24)12-21-10-16-11-23(4)22-18(16)15-5-7-20-8-6-15/h5-9,11,21,24H,10,12H2,1-4H3. The average Bonchev–Trinajstić information content (AvgIpc) is 3.10. The third kappa shape index (κ3) is 3.81. The van der Waals surface area contributed by atoms with Gasteiger partial charge in [0, 0.05) is 55.4 Å². The molecule has 0 saturated heterocycles. The van der Waals surface area contributed by atoms with Gasteiger partial charge in [-0.15, -0.1) is 0 Å². The smallest absolute Gasteiger partial charge is 0.107 e. The Labute approximate surface area is 147 Å². The van der Waals surface area contributed by atoms with Crippen molar-refractivity contribution in [2.45, 2.75) is 32.9 Å². The van der Waals surface area contributed by atoms with Crippen LogP contribution >= 0.6 is 0 Å². The van der Waals surface area contributed by atoms with Gasteiger partial charge in [0.2, 0.25) is 0 Å². The maximum Gasteiger partial charge on any atom is 0.107 e. The van der Waals surface area contributed by atoms with Gasteiger partial charge in [-0.25, -0.2) is 0 Å². The van der Waals surface area contributed by atoms with E-state index < -0.39 is 5.60 Å². The third-order valence-corrected chi connectivity index (χ3v) is 4.26. The van der Waals surface area contributed by atoms with Crippen LogP contribution < -0.4 is 5.32 Å². The van der Waals surface area contributed by atoms with Crippen molar-refractivity contribution in [2.24, 2.45) is 7.05 Å². The Morgan fingerprint density at radius 3 is 2.64 bits per heavy atom. The minimum atomic E-state index is -0.999. The molecular weight excluding hydrogens is 316 g/mol. The molecule has 0 aliphatic heterocycles. The van der Waals surface area contributed by atoms with Gasteiger partial charge >= 0.3 is 0 Å². The number of hydrogen-bond donors (Lipinski definition) is 2. The zero-order valence-corrected chi connectivity index (χ0v) is 15.1. The van der Waals surface area contributed by atoms with Crippen LogP contribution in [0, 0.1) is 13.8 Å². The highest BCUT2D eigenvalue weighted by Gasteiger charge is 2.27. The van der Waals surface area contributed by atoms with E-state index in [9.17, 15) is 5.11 Å². The van der Waals surface area contributed by atoms with Gasteiger partial charge in [0.05, 0.1) is 5.69 Å². The molecule has 0 amide bonds. The van der Waals surface area contributed by atoms with Gasteiger partial charge < -0.3 is 14.8 Å². The molecule has 0 radical (unpaired) electrons. The lowest BCUT2D eigenvalue weighted by Gasteiger charge is -2.23. The Hall–Kier alpha value is -2.44. The number of furan rings is 1. The molecular formula is C19H24N4O2. The highest BCUT2D eigenvalue weighted by Crippen LogP contribution is 2.27. The van der Waals surface area contributed by atoms with Gasteiger partial charge in [0.1, 0.15) is 17.1 Å². The molecule has 6 nitrogen and oxygen atoms in total. The summed E-state index contributed by atoms with van der Waals surface area (Å²) in [6, 6.07) is 5.78. The number of aryl methyl sites for hydroxylation is 3. The average molecular weight is 340 g/mol. The van der Waals surface area contributed by atoms with Crippen LogP contribution in [0.4, 0.5) is 0 Å². The Bertz CT molecular complexity index is 850. The topological polar surface area (TPSA) is 76.1 Å². The molecule has 0 spiro atoms. The molecule has 132 valence electrons. The quantitative estimate of drug-likeness (QED) is 0.721. The van der Waals surface area contributed by atoms with E-state index in [0.717, 1.165) is 33.9 Å². The second kappa shape index (κ2) is 6.82. The number of nitrogens with one attached hydrogen (secondary N) is 1. The Kier molecular flexibility index (Phi) is 4.74. The van der Waals surface area contributed by atoms with Crippen LogP contribution in [0.3, 0.4) is 0 Å². The molecule has 0 aliphatic carbocycles. The summed E-state index contributed by atoms with van der Waals surface area (Å²) in [7, 11) is 1.90. The Morgan fingerprint density at radius 1 is 1.28 bits per heavy atom. The number of aromatic nitrogens is 3. The van der Waals surface area contributed by atoms with Crippen molar-refractivity contribution in [3.05, 3.63) is 59.4 Å². The summed E-state index contributed by atoms with van der Waals surface area (Å²) in [4.78, 5) is 4.05. The summed E-state index contributed by atoms with van der Waals surface area (Å²) in [5.41, 5.74) is 2.84. The van der Waals surface area contributed by atoms with E-state index in [-0.39, 0.29) is 0 Å². The summed E-state index contributed by atoms with van der Waals surface area (Å²) >= 11 is 0. The molecule has 0 bridgehead atoms. The number of hydrogen-bond acceptors (Lipinski definition) is 5. The van der Waals surface area contributed by atoms with E-state index in [1.165, 1.54) is 0 Å². The van der Waals surface area contributed by atoms with Gasteiger partial charge in [-0.1, -0.05) is 0 Å². The largest absolute Gasteiger partial charge is 0.466 e. The predicted molar refractivity (Wildman–Crippen MR) is 95.9 cm³/mol. The normalized spacial score (nSPS) is 13.8. The lowest BCUT2D eigenvalue weighted by Crippen LogP contribution is -2.35. The summed E-state index contributed by atoms with van der Waals surface area (Å²) in [5, 5.41) is 18.7. The molecule has 6 heteroatoms. The SMILES string of the molecule is Cc1cc(C(C)(O)CNCc2cn(C)nc2-c2ccncc2)c(C)o1. The third-order valence-electron chi connectivity index (χ3n) is 4.26. The van der Waals surface area contributed by atoms with Crippen LogP contribution in [-0.4, -0.2) is 26.4 Å². The van der Waals surface area contributed by atoms with Crippen molar-refractivity contribution >= 4 is 0 Å². The zero-order chi connectivity index (χ0) is 18.0. The number of rotatable bonds is 6. The zero-order valence-electron chi connectivity index (χ0n) is 15.1. The maximum atomic E-state index is 10.8. The van der Waals surface area contributed by atoms with Crippen molar-refractivity contribution in [1.82, 2.24) is 20.1 Å². The highest BCUT2D eigenvalue weighted by atomic mass is 16.3. The maximum absolute atomic E-state index is 10.8. The Balaban J connectivity index is 1.71. The molecule has 2 N–H and O–H groups in total. The van der Waals surface area contributed by atoms with Crippen molar-refractivity contribution in [2.75, 3.05) is 6.54 Å². The van der Waals surface area contributed by atoms with E-state index >= 15 is 0 Å². The van der Waals surface area contributed by atoms with E-state index in [4.69, 9.17) is 4.42 Å². The first-order chi connectivity index (χ1) is 11.9. The number of pyridine rings is 1. The van der Waals surface area contributed by atoms with Crippen molar-refractivity contribution in [1.29, 1.82) is 0 Å². The van der Waals surface area contributed by atoms with Crippen LogP contribution in [0.5, 0.6) is 0 Å². The Morgan fingerprint density at radius 2 is 2.00 bits per heavy atom. The highest BCUT2D eigenvalue weighted by molar-refractivity contribution is 5.61. The van der Waals surface area contributed by atoms with Crippen LogP contribution in [-0.2, 0) is 19.2 Å². The predicted octanol–water partition coefficient (Wildman–Crippen LogP) is 2.69. The molecule has 0 aliphatic rings. The molecule has 3 aromatic rings. The minimum Gasteiger partial charge on any atom is -0.466 e. The van der Waals surface area contributed by atoms with Crippen LogP contribution in [0.25, 0.3) is 11.3 Å². The van der Waals surface area contributed by atoms with Crippen molar-refractivity contribution < 1.29 is 9.52 Å². The van der Waals surface area contributed by atoms with E-state index in [0.29, 0.717) is 13.1 Å². The molecule has 0 saturated carbocycles. The molecule has 1 unspecified atom stereocenters. The molecule has 0 aromatic carbocycles. The second-order valence-electron chi connectivity index (χ2n) is 6.62. The van der Waals surface area contributed by atoms with Crippen LogP contribution in [0.15, 0.2) is 41.2 Å². The lowest BCUT2D eigenvalue weighted by atomic mass is 9.96. The van der Waals surface area contributed by atoms with E-state index in [1.54, 1.807) is 24.0 Å². The van der Waals surface area contributed by atoms with Gasteiger partial charge in [-0.2, -0.15) is 5.10 Å². The van der Waals surface area contributed by atoms with E-state index in [1.807, 2.05) is 45.3 Å². The molecule has 3 rings (SSSR count). The lowest BCUT2D eigenvalue weighted by molar-refractivity contribution is 0.0552. The molecule has 3 aromatic heterocycles. The van der Waals surface area contributed by atoms with Gasteiger partial charge in [0.25, 0.3) is 0 Å². The van der Waals surface area contributed by atoms with Crippen LogP contribution in [0.1, 0.15) is 29.6 Å². The van der Waals surface area contributed by atoms with E-state index in [2.05, 4.69) is 15.4 Å². The fourth-order valence-electron chi connectivity index (χ4n) is 3.12. The number of nitrogens with zero attached hydrogens (tertiary/aromatic N) is 3. The molecule has 1 atom stereocenters. The summed E-state index contributed by atoms with van der Waals surface area (Å²) in [5.74, 6) is 1.56. The summed E-state index contributed by atoms with van der Waals surface area (Å²) in [6.07, 6.45) is 5.51. The summed E-state index contributed by atoms with van der Waals surface area (Å²) in [6.45, 7) is 6.58. The van der Waals surface area contributed by atoms with Crippen molar-refractivity contribution in [3.8, 4) is 11.3 Å². The monoisotopic (exact) mass is 340 g/mol. The molecule has 0 fully saturated rings. The first kappa shape index (κ1) is 17.4. The second-order valence-corrected chi connectivity index (χ2v) is 6.62. The van der Waals surface area contributed by atoms with Crippen LogP contribution in [0.2, 0.25) is 0 Å². The fourth-order valence-corrected chi connectivity index (χ4v) is 3.12. The van der Waals surface area contributed by atoms with Gasteiger partial charge in [-0.3, -0.25) is 9.67 Å². The van der Waals surface area contributed by atoms with Crippen molar-refractivity contribution in [3.63, 3.8) is 0 Å². The van der Waals surface area contributed by atoms with Gasteiger partial charge in [0.15, 0.2) is 0 Å². The first-order valence-electron chi connectivity index (χ1n) is 8.30. The number of aliphatic hydroxyl groups is 1. The summed E-state index contributed by atoms with van der Waals surface area (Å²) < 4.78 is 7.34. The fraction of sp³-hybridized carbons (Fsp3) is 0.368. The minimum absolute atomic E-state index is 0.414. The molecule has 25 heavy (non-hydrogen) atoms. The molecule has 3 heterocycles. The first-order valence-corrected chi connectivity index (χ1v) is 8.30. The van der Waals surface area contributed by atoms with Gasteiger partial charge in [-0.05, 0) is 39.0 Å².